The molecule has 16 heavy (non-hydrogen) atoms. The Kier molecular flexibility index (Phi) is 3.44. The average Bonchev–Trinajstić information content (AvgIpc) is 3.00. The first-order valence-electron chi connectivity index (χ1n) is 5.81. The molecule has 0 aliphatic heterocycles. The lowest BCUT2D eigenvalue weighted by Crippen LogP contribution is -2.22. The number of nitrogens with one attached hydrogen (secondary N) is 1. The Morgan fingerprint density at radius 1 is 1.56 bits per heavy atom. The summed E-state index contributed by atoms with van der Waals surface area (Å²) in [6, 6.07) is 0.284. The minimum absolute atomic E-state index is 0.284. The minimum atomic E-state index is 0.284. The van der Waals surface area contributed by atoms with Gasteiger partial charge in [0.2, 0.25) is 0 Å². The smallest absolute Gasteiger partial charge is 0.195 e. The molecule has 1 saturated carbocycles. The van der Waals surface area contributed by atoms with Crippen LogP contribution >= 0.6 is 12.2 Å². The maximum absolute atomic E-state index is 5.32. The molecule has 1 N–H and O–H groups in total. The Morgan fingerprint density at radius 2 is 2.25 bits per heavy atom. The summed E-state index contributed by atoms with van der Waals surface area (Å²) in [4.78, 5) is 0. The van der Waals surface area contributed by atoms with Crippen LogP contribution in [0.2, 0.25) is 0 Å². The van der Waals surface area contributed by atoms with E-state index in [9.17, 15) is 0 Å². The Hall–Kier alpha value is -0.680. The third-order valence-corrected chi connectivity index (χ3v) is 3.40. The number of aromatic amines is 1. The van der Waals surface area contributed by atoms with Crippen molar-refractivity contribution in [1.82, 2.24) is 14.8 Å². The SMILES string of the molecule is COCC(C(C)C)n1c(C2CC2)n[nH]c1=S. The van der Waals surface area contributed by atoms with Crippen LogP contribution in [0.5, 0.6) is 0 Å². The summed E-state index contributed by atoms with van der Waals surface area (Å²) in [5.74, 6) is 2.20. The average molecular weight is 241 g/mol. The van der Waals surface area contributed by atoms with Crippen LogP contribution in [0.15, 0.2) is 0 Å². The Labute approximate surface area is 101 Å². The van der Waals surface area contributed by atoms with E-state index in [-0.39, 0.29) is 6.04 Å². The van der Waals surface area contributed by atoms with Gasteiger partial charge in [0.1, 0.15) is 5.82 Å². The van der Waals surface area contributed by atoms with Gasteiger partial charge in [-0.25, -0.2) is 0 Å². The monoisotopic (exact) mass is 241 g/mol. The summed E-state index contributed by atoms with van der Waals surface area (Å²) in [7, 11) is 1.73. The van der Waals surface area contributed by atoms with Crippen LogP contribution in [0.3, 0.4) is 0 Å². The van der Waals surface area contributed by atoms with Crippen molar-refractivity contribution in [1.29, 1.82) is 0 Å². The van der Waals surface area contributed by atoms with Crippen LogP contribution in [0, 0.1) is 10.7 Å². The molecule has 0 bridgehead atoms. The normalized spacial score (nSPS) is 18.0. The predicted octanol–water partition coefficient (Wildman–Crippen LogP) is 2.66. The number of aromatic nitrogens is 3. The molecular formula is C11H19N3OS. The lowest BCUT2D eigenvalue weighted by molar-refractivity contribution is 0.131. The molecule has 1 aromatic heterocycles. The number of hydrogen-bond donors (Lipinski definition) is 1. The lowest BCUT2D eigenvalue weighted by atomic mass is 10.0. The van der Waals surface area contributed by atoms with E-state index in [1.165, 1.54) is 12.8 Å². The van der Waals surface area contributed by atoms with E-state index < -0.39 is 0 Å². The quantitative estimate of drug-likeness (QED) is 0.806. The standard InChI is InChI=1S/C11H19N3OS/c1-7(2)9(6-15-3)14-10(8-4-5-8)12-13-11(14)16/h7-9H,4-6H2,1-3H3,(H,13,16). The number of ether oxygens (including phenoxy) is 1. The topological polar surface area (TPSA) is 42.8 Å². The van der Waals surface area contributed by atoms with Gasteiger partial charge in [0.05, 0.1) is 12.6 Å². The van der Waals surface area contributed by atoms with Crippen molar-refractivity contribution in [3.05, 3.63) is 10.6 Å². The fraction of sp³-hybridized carbons (Fsp3) is 0.818. The van der Waals surface area contributed by atoms with Crippen molar-refractivity contribution in [3.8, 4) is 0 Å². The van der Waals surface area contributed by atoms with E-state index in [1.54, 1.807) is 7.11 Å². The van der Waals surface area contributed by atoms with Crippen LogP contribution in [0.25, 0.3) is 0 Å². The van der Waals surface area contributed by atoms with Gasteiger partial charge in [0.25, 0.3) is 0 Å². The van der Waals surface area contributed by atoms with Crippen molar-refractivity contribution < 1.29 is 4.74 Å². The van der Waals surface area contributed by atoms with Gasteiger partial charge in [0, 0.05) is 13.0 Å². The van der Waals surface area contributed by atoms with Gasteiger partial charge in [-0.05, 0) is 31.0 Å². The number of hydrogen-bond acceptors (Lipinski definition) is 3. The second-order valence-electron chi connectivity index (χ2n) is 4.80. The van der Waals surface area contributed by atoms with Crippen LogP contribution < -0.4 is 0 Å². The number of nitrogens with zero attached hydrogens (tertiary/aromatic N) is 2. The van der Waals surface area contributed by atoms with E-state index >= 15 is 0 Å². The van der Waals surface area contributed by atoms with Crippen molar-refractivity contribution in [3.63, 3.8) is 0 Å². The van der Waals surface area contributed by atoms with Crippen LogP contribution in [-0.4, -0.2) is 28.5 Å². The molecule has 90 valence electrons. The Bertz CT molecular complexity index is 406. The first-order valence-corrected chi connectivity index (χ1v) is 6.21. The summed E-state index contributed by atoms with van der Waals surface area (Å²) in [5, 5.41) is 7.27. The first kappa shape index (κ1) is 11.8. The molecule has 2 rings (SSSR count). The molecule has 1 unspecified atom stereocenters. The van der Waals surface area contributed by atoms with Gasteiger partial charge in [-0.3, -0.25) is 9.67 Å². The molecule has 0 amide bonds. The van der Waals surface area contributed by atoms with Gasteiger partial charge in [-0.2, -0.15) is 5.10 Å². The van der Waals surface area contributed by atoms with E-state index in [0.717, 1.165) is 10.6 Å². The maximum Gasteiger partial charge on any atom is 0.195 e. The summed E-state index contributed by atoms with van der Waals surface area (Å²) in [6.07, 6.45) is 2.47. The predicted molar refractivity (Wildman–Crippen MR) is 65.1 cm³/mol. The third-order valence-electron chi connectivity index (χ3n) is 3.11. The van der Waals surface area contributed by atoms with E-state index in [0.29, 0.717) is 18.4 Å². The fourth-order valence-corrected chi connectivity index (χ4v) is 2.28. The van der Waals surface area contributed by atoms with Gasteiger partial charge >= 0.3 is 0 Å². The summed E-state index contributed by atoms with van der Waals surface area (Å²) < 4.78 is 8.16. The van der Waals surface area contributed by atoms with E-state index in [4.69, 9.17) is 17.0 Å². The van der Waals surface area contributed by atoms with Gasteiger partial charge in [-0.15, -0.1) is 0 Å². The zero-order valence-electron chi connectivity index (χ0n) is 10.1. The number of H-pyrrole nitrogens is 1. The molecule has 1 aromatic rings. The van der Waals surface area contributed by atoms with Crippen molar-refractivity contribution in [2.24, 2.45) is 5.92 Å². The summed E-state index contributed by atoms with van der Waals surface area (Å²) >= 11 is 5.32. The van der Waals surface area contributed by atoms with Crippen LogP contribution in [0.4, 0.5) is 0 Å². The highest BCUT2D eigenvalue weighted by atomic mass is 32.1. The molecule has 1 fully saturated rings. The molecule has 5 heteroatoms. The van der Waals surface area contributed by atoms with E-state index in [2.05, 4.69) is 28.6 Å². The molecular weight excluding hydrogens is 222 g/mol. The molecule has 0 saturated heterocycles. The Morgan fingerprint density at radius 3 is 2.75 bits per heavy atom. The first-order chi connectivity index (χ1) is 7.65. The largest absolute Gasteiger partial charge is 0.383 e. The molecule has 0 aromatic carbocycles. The Balaban J connectivity index is 2.34. The van der Waals surface area contributed by atoms with Crippen molar-refractivity contribution in [2.45, 2.75) is 38.6 Å². The molecule has 1 heterocycles. The van der Waals surface area contributed by atoms with Gasteiger partial charge in [-0.1, -0.05) is 13.8 Å². The second-order valence-corrected chi connectivity index (χ2v) is 5.18. The molecule has 1 atom stereocenters. The van der Waals surface area contributed by atoms with Crippen LogP contribution in [-0.2, 0) is 4.74 Å². The highest BCUT2D eigenvalue weighted by Gasteiger charge is 2.31. The maximum atomic E-state index is 5.32. The van der Waals surface area contributed by atoms with Crippen molar-refractivity contribution in [2.75, 3.05) is 13.7 Å². The zero-order chi connectivity index (χ0) is 11.7. The highest BCUT2D eigenvalue weighted by Crippen LogP contribution is 2.40. The second kappa shape index (κ2) is 4.67. The van der Waals surface area contributed by atoms with Crippen LogP contribution in [0.1, 0.15) is 44.5 Å². The third kappa shape index (κ3) is 2.20. The molecule has 1 aliphatic carbocycles. The minimum Gasteiger partial charge on any atom is -0.383 e. The van der Waals surface area contributed by atoms with E-state index in [1.807, 2.05) is 0 Å². The highest BCUT2D eigenvalue weighted by molar-refractivity contribution is 7.71. The molecule has 1 aliphatic rings. The number of methoxy groups -OCH3 is 1. The van der Waals surface area contributed by atoms with Gasteiger partial charge < -0.3 is 4.74 Å². The summed E-state index contributed by atoms with van der Waals surface area (Å²) in [5.41, 5.74) is 0. The van der Waals surface area contributed by atoms with Crippen molar-refractivity contribution >= 4 is 12.2 Å². The molecule has 4 nitrogen and oxygen atoms in total. The lowest BCUT2D eigenvalue weighted by Gasteiger charge is -2.22. The zero-order valence-corrected chi connectivity index (χ0v) is 10.9. The summed E-state index contributed by atoms with van der Waals surface area (Å²) in [6.45, 7) is 5.06. The molecule has 0 spiro atoms. The number of rotatable bonds is 5. The molecule has 0 radical (unpaired) electrons. The van der Waals surface area contributed by atoms with Gasteiger partial charge in [0.15, 0.2) is 4.77 Å². The fourth-order valence-electron chi connectivity index (χ4n) is 2.00.